The van der Waals surface area contributed by atoms with Gasteiger partial charge in [-0.3, -0.25) is 4.79 Å². The van der Waals surface area contributed by atoms with E-state index in [-0.39, 0.29) is 18.6 Å². The second kappa shape index (κ2) is 5.47. The number of amides is 1. The molecule has 0 saturated heterocycles. The third-order valence-electron chi connectivity index (χ3n) is 3.09. The summed E-state index contributed by atoms with van der Waals surface area (Å²) in [6.45, 7) is 0.370. The number of aromatic nitrogens is 1. The minimum atomic E-state index is -0.0760. The fourth-order valence-corrected chi connectivity index (χ4v) is 2.04. The average molecular weight is 255 g/mol. The molecule has 1 aromatic heterocycles. The zero-order valence-electron chi connectivity index (χ0n) is 9.47. The van der Waals surface area contributed by atoms with Crippen LogP contribution in [0.4, 0.5) is 0 Å². The Bertz CT molecular complexity index is 390. The van der Waals surface area contributed by atoms with Gasteiger partial charge in [0.25, 0.3) is 5.91 Å². The van der Waals surface area contributed by atoms with Crippen LogP contribution in [-0.2, 0) is 0 Å². The third kappa shape index (κ3) is 2.76. The molecule has 0 spiro atoms. The van der Waals surface area contributed by atoms with E-state index in [1.807, 2.05) is 0 Å². The Balaban J connectivity index is 2.12. The van der Waals surface area contributed by atoms with Gasteiger partial charge < -0.3 is 10.0 Å². The molecule has 1 heterocycles. The van der Waals surface area contributed by atoms with E-state index in [0.717, 1.165) is 19.3 Å². The van der Waals surface area contributed by atoms with E-state index in [9.17, 15) is 4.79 Å². The summed E-state index contributed by atoms with van der Waals surface area (Å²) in [5, 5.41) is 9.39. The molecule has 1 saturated carbocycles. The molecule has 1 aliphatic rings. The Morgan fingerprint density at radius 2 is 2.29 bits per heavy atom. The summed E-state index contributed by atoms with van der Waals surface area (Å²) in [5.74, 6) is -0.0760. The van der Waals surface area contributed by atoms with Crippen molar-refractivity contribution in [1.29, 1.82) is 0 Å². The maximum Gasteiger partial charge on any atom is 0.255 e. The molecule has 0 aliphatic heterocycles. The van der Waals surface area contributed by atoms with Gasteiger partial charge in [-0.25, -0.2) is 4.98 Å². The molecular weight excluding hydrogens is 240 g/mol. The lowest BCUT2D eigenvalue weighted by molar-refractivity contribution is 0.0525. The highest BCUT2D eigenvalue weighted by atomic mass is 35.5. The molecule has 0 unspecified atom stereocenters. The zero-order chi connectivity index (χ0) is 12.3. The van der Waals surface area contributed by atoms with Crippen molar-refractivity contribution < 1.29 is 9.90 Å². The molecule has 1 aromatic rings. The summed E-state index contributed by atoms with van der Waals surface area (Å²) in [7, 11) is 0. The quantitative estimate of drug-likeness (QED) is 0.833. The number of rotatable bonds is 4. The van der Waals surface area contributed by atoms with Crippen molar-refractivity contribution in [3.05, 3.63) is 29.0 Å². The van der Waals surface area contributed by atoms with Gasteiger partial charge in [-0.15, -0.1) is 0 Å². The molecule has 5 heteroatoms. The van der Waals surface area contributed by atoms with Gasteiger partial charge >= 0.3 is 0 Å². The van der Waals surface area contributed by atoms with Gasteiger partial charge in [-0.2, -0.15) is 0 Å². The number of hydrogen-bond acceptors (Lipinski definition) is 3. The fraction of sp³-hybridized carbons (Fsp3) is 0.500. The summed E-state index contributed by atoms with van der Waals surface area (Å²) < 4.78 is 0. The number of aliphatic hydroxyl groups excluding tert-OH is 1. The highest BCUT2D eigenvalue weighted by Gasteiger charge is 2.28. The molecular formula is C12H15ClN2O2. The van der Waals surface area contributed by atoms with Crippen molar-refractivity contribution in [2.24, 2.45) is 0 Å². The van der Waals surface area contributed by atoms with Crippen LogP contribution in [0.2, 0.25) is 5.15 Å². The van der Waals surface area contributed by atoms with Crippen LogP contribution in [0.1, 0.15) is 29.6 Å². The van der Waals surface area contributed by atoms with Crippen molar-refractivity contribution in [2.75, 3.05) is 13.2 Å². The monoisotopic (exact) mass is 254 g/mol. The number of aliphatic hydroxyl groups is 1. The van der Waals surface area contributed by atoms with Crippen molar-refractivity contribution in [3.63, 3.8) is 0 Å². The van der Waals surface area contributed by atoms with Gasteiger partial charge in [0.05, 0.1) is 12.2 Å². The van der Waals surface area contributed by atoms with Crippen LogP contribution in [0.15, 0.2) is 18.3 Å². The van der Waals surface area contributed by atoms with Crippen LogP contribution in [0.5, 0.6) is 0 Å². The summed E-state index contributed by atoms with van der Waals surface area (Å²) in [6, 6.07) is 3.54. The van der Waals surface area contributed by atoms with Crippen LogP contribution in [0.3, 0.4) is 0 Å². The SMILES string of the molecule is O=C(c1ccc(Cl)nc1)N(CCO)C1CCC1. The number of halogens is 1. The predicted molar refractivity (Wildman–Crippen MR) is 65.0 cm³/mol. The minimum absolute atomic E-state index is 0.0107. The van der Waals surface area contributed by atoms with Crippen LogP contribution < -0.4 is 0 Å². The normalized spacial score (nSPS) is 15.4. The second-order valence-corrected chi connectivity index (χ2v) is 4.56. The van der Waals surface area contributed by atoms with Crippen molar-refractivity contribution in [3.8, 4) is 0 Å². The zero-order valence-corrected chi connectivity index (χ0v) is 10.2. The molecule has 1 amide bonds. The first-order valence-electron chi connectivity index (χ1n) is 5.76. The van der Waals surface area contributed by atoms with Crippen LogP contribution in [-0.4, -0.2) is 40.1 Å². The number of carbonyl (C=O) groups is 1. The molecule has 4 nitrogen and oxygen atoms in total. The van der Waals surface area contributed by atoms with Crippen LogP contribution >= 0.6 is 11.6 Å². The topological polar surface area (TPSA) is 53.4 Å². The molecule has 1 aliphatic carbocycles. The van der Waals surface area contributed by atoms with Gasteiger partial charge in [0, 0.05) is 18.8 Å². The third-order valence-corrected chi connectivity index (χ3v) is 3.32. The minimum Gasteiger partial charge on any atom is -0.395 e. The molecule has 92 valence electrons. The summed E-state index contributed by atoms with van der Waals surface area (Å²) in [4.78, 5) is 17.8. The number of nitrogens with zero attached hydrogens (tertiary/aromatic N) is 2. The lowest BCUT2D eigenvalue weighted by atomic mass is 9.91. The summed E-state index contributed by atoms with van der Waals surface area (Å²) in [6.07, 6.45) is 4.67. The Kier molecular flexibility index (Phi) is 3.97. The van der Waals surface area contributed by atoms with E-state index in [4.69, 9.17) is 16.7 Å². The maximum atomic E-state index is 12.2. The van der Waals surface area contributed by atoms with Gasteiger partial charge in [-0.1, -0.05) is 11.6 Å². The van der Waals surface area contributed by atoms with Crippen molar-refractivity contribution in [2.45, 2.75) is 25.3 Å². The lowest BCUT2D eigenvalue weighted by Gasteiger charge is -2.37. The maximum absolute atomic E-state index is 12.2. The average Bonchev–Trinajstić information content (AvgIpc) is 2.26. The smallest absolute Gasteiger partial charge is 0.255 e. The van der Waals surface area contributed by atoms with E-state index in [1.54, 1.807) is 17.0 Å². The number of carbonyl (C=O) groups excluding carboxylic acids is 1. The van der Waals surface area contributed by atoms with Gasteiger partial charge in [0.2, 0.25) is 0 Å². The van der Waals surface area contributed by atoms with Gasteiger partial charge in [0.1, 0.15) is 5.15 Å². The van der Waals surface area contributed by atoms with E-state index >= 15 is 0 Å². The molecule has 0 aromatic carbocycles. The first-order valence-corrected chi connectivity index (χ1v) is 6.13. The molecule has 0 radical (unpaired) electrons. The van der Waals surface area contributed by atoms with Crippen LogP contribution in [0, 0.1) is 0 Å². The summed E-state index contributed by atoms with van der Waals surface area (Å²) in [5.41, 5.74) is 0.523. The Morgan fingerprint density at radius 1 is 1.53 bits per heavy atom. The van der Waals surface area contributed by atoms with Crippen LogP contribution in [0.25, 0.3) is 0 Å². The Hall–Kier alpha value is -1.13. The van der Waals surface area contributed by atoms with E-state index in [1.165, 1.54) is 6.20 Å². The standard InChI is InChI=1S/C12H15ClN2O2/c13-11-5-4-9(8-14-11)12(17)15(6-7-16)10-2-1-3-10/h4-5,8,10,16H,1-3,6-7H2. The fourth-order valence-electron chi connectivity index (χ4n) is 1.92. The molecule has 2 rings (SSSR count). The second-order valence-electron chi connectivity index (χ2n) is 4.18. The number of pyridine rings is 1. The van der Waals surface area contributed by atoms with E-state index < -0.39 is 0 Å². The first-order chi connectivity index (χ1) is 8.22. The Morgan fingerprint density at radius 3 is 2.76 bits per heavy atom. The predicted octanol–water partition coefficient (Wildman–Crippen LogP) is 1.72. The highest BCUT2D eigenvalue weighted by Crippen LogP contribution is 2.25. The van der Waals surface area contributed by atoms with Crippen molar-refractivity contribution in [1.82, 2.24) is 9.88 Å². The largest absolute Gasteiger partial charge is 0.395 e. The van der Waals surface area contributed by atoms with E-state index in [0.29, 0.717) is 17.3 Å². The number of hydrogen-bond donors (Lipinski definition) is 1. The molecule has 1 N–H and O–H groups in total. The lowest BCUT2D eigenvalue weighted by Crippen LogP contribution is -2.45. The Labute approximate surface area is 105 Å². The van der Waals surface area contributed by atoms with E-state index in [2.05, 4.69) is 4.98 Å². The van der Waals surface area contributed by atoms with Gasteiger partial charge in [-0.05, 0) is 31.4 Å². The summed E-state index contributed by atoms with van der Waals surface area (Å²) >= 11 is 5.68. The highest BCUT2D eigenvalue weighted by molar-refractivity contribution is 6.29. The molecule has 0 bridgehead atoms. The van der Waals surface area contributed by atoms with Crippen molar-refractivity contribution >= 4 is 17.5 Å². The molecule has 17 heavy (non-hydrogen) atoms. The molecule has 1 fully saturated rings. The first kappa shape index (κ1) is 12.3. The van der Waals surface area contributed by atoms with Gasteiger partial charge in [0.15, 0.2) is 0 Å². The molecule has 0 atom stereocenters.